The first kappa shape index (κ1) is 18.0. The maximum Gasteiger partial charge on any atom is 0.227 e. The van der Waals surface area contributed by atoms with E-state index in [9.17, 15) is 4.79 Å². The molecule has 1 N–H and O–H groups in total. The second-order valence-corrected chi connectivity index (χ2v) is 10.2. The van der Waals surface area contributed by atoms with E-state index in [1.54, 1.807) is 0 Å². The topological polar surface area (TPSA) is 68.0 Å². The quantitative estimate of drug-likeness (QED) is 0.830. The number of amides is 1. The van der Waals surface area contributed by atoms with Crippen LogP contribution in [0.2, 0.25) is 0 Å². The van der Waals surface area contributed by atoms with Gasteiger partial charge in [-0.25, -0.2) is 0 Å². The summed E-state index contributed by atoms with van der Waals surface area (Å²) in [4.78, 5) is 17.2. The largest absolute Gasteiger partial charge is 0.353 e. The van der Waals surface area contributed by atoms with Gasteiger partial charge in [-0.1, -0.05) is 32.9 Å². The van der Waals surface area contributed by atoms with Crippen LogP contribution in [0.4, 0.5) is 0 Å². The Morgan fingerprint density at radius 1 is 1.15 bits per heavy atom. The molecule has 1 heterocycles. The van der Waals surface area contributed by atoms with Gasteiger partial charge in [0.1, 0.15) is 0 Å². The number of aromatic nitrogens is 2. The van der Waals surface area contributed by atoms with Crippen LogP contribution in [0.25, 0.3) is 0 Å². The van der Waals surface area contributed by atoms with Crippen molar-refractivity contribution < 1.29 is 9.32 Å². The number of carbonyl (C=O) groups excluding carboxylic acids is 1. The number of carbonyl (C=O) groups is 1. The molecule has 4 fully saturated rings. The van der Waals surface area contributed by atoms with Crippen LogP contribution in [-0.2, 0) is 11.2 Å². The van der Waals surface area contributed by atoms with Gasteiger partial charge in [0.05, 0.1) is 0 Å². The standard InChI is InChI=1S/C21H33N3O2/c1-12(2)20-23-18(26-24-20)11-21(3,4)10-17(25)22-19-15-6-13-5-14(8-15)9-16(19)7-13/h12-16,19H,5-11H2,1-4H3,(H,22,25). The normalized spacial score (nSPS) is 33.0. The lowest BCUT2D eigenvalue weighted by atomic mass is 9.54. The van der Waals surface area contributed by atoms with Crippen molar-refractivity contribution in [3.8, 4) is 0 Å². The van der Waals surface area contributed by atoms with Crippen molar-refractivity contribution in [2.75, 3.05) is 0 Å². The Bertz CT molecular complexity index is 636. The van der Waals surface area contributed by atoms with Crippen molar-refractivity contribution in [2.45, 2.75) is 84.6 Å². The Labute approximate surface area is 156 Å². The molecular weight excluding hydrogens is 326 g/mol. The van der Waals surface area contributed by atoms with Crippen molar-refractivity contribution >= 4 is 5.91 Å². The van der Waals surface area contributed by atoms with Crippen molar-refractivity contribution in [2.24, 2.45) is 29.1 Å². The van der Waals surface area contributed by atoms with Gasteiger partial charge in [-0.3, -0.25) is 4.79 Å². The Kier molecular flexibility index (Phi) is 4.60. The highest BCUT2D eigenvalue weighted by Crippen LogP contribution is 2.53. The summed E-state index contributed by atoms with van der Waals surface area (Å²) in [5, 5.41) is 7.46. The van der Waals surface area contributed by atoms with Crippen LogP contribution in [0.3, 0.4) is 0 Å². The van der Waals surface area contributed by atoms with Crippen LogP contribution in [0.5, 0.6) is 0 Å². The second-order valence-electron chi connectivity index (χ2n) is 10.2. The summed E-state index contributed by atoms with van der Waals surface area (Å²) in [6.07, 6.45) is 7.94. The number of nitrogens with one attached hydrogen (secondary N) is 1. The summed E-state index contributed by atoms with van der Waals surface area (Å²) < 4.78 is 5.38. The molecule has 5 nitrogen and oxygen atoms in total. The first-order valence-corrected chi connectivity index (χ1v) is 10.4. The van der Waals surface area contributed by atoms with Crippen LogP contribution in [0.15, 0.2) is 4.52 Å². The van der Waals surface area contributed by atoms with E-state index in [1.165, 1.54) is 32.1 Å². The van der Waals surface area contributed by atoms with E-state index in [1.807, 2.05) is 0 Å². The number of hydrogen-bond donors (Lipinski definition) is 1. The van der Waals surface area contributed by atoms with Crippen LogP contribution in [0, 0.1) is 29.1 Å². The van der Waals surface area contributed by atoms with Crippen LogP contribution in [-0.4, -0.2) is 22.1 Å². The predicted octanol–water partition coefficient (Wildman–Crippen LogP) is 4.09. The average molecular weight is 360 g/mol. The average Bonchev–Trinajstić information content (AvgIpc) is 2.97. The number of rotatable bonds is 6. The Morgan fingerprint density at radius 2 is 1.77 bits per heavy atom. The van der Waals surface area contributed by atoms with Gasteiger partial charge in [-0.15, -0.1) is 0 Å². The van der Waals surface area contributed by atoms with Gasteiger partial charge in [0.2, 0.25) is 11.8 Å². The molecule has 0 saturated heterocycles. The fraction of sp³-hybridized carbons (Fsp3) is 0.857. The molecule has 0 aliphatic heterocycles. The summed E-state index contributed by atoms with van der Waals surface area (Å²) in [5.41, 5.74) is -0.184. The van der Waals surface area contributed by atoms with E-state index in [4.69, 9.17) is 4.52 Å². The summed E-state index contributed by atoms with van der Waals surface area (Å²) in [7, 11) is 0. The highest BCUT2D eigenvalue weighted by Gasteiger charge is 2.48. The second kappa shape index (κ2) is 6.65. The SMILES string of the molecule is CC(C)c1noc(CC(C)(C)CC(=O)NC2C3CC4CC(C3)CC2C4)n1. The predicted molar refractivity (Wildman–Crippen MR) is 99.5 cm³/mol. The molecule has 144 valence electrons. The highest BCUT2D eigenvalue weighted by molar-refractivity contribution is 5.77. The molecule has 4 aliphatic rings. The Hall–Kier alpha value is -1.39. The molecule has 5 rings (SSSR count). The van der Waals surface area contributed by atoms with Gasteiger partial charge in [0.15, 0.2) is 5.82 Å². The monoisotopic (exact) mass is 359 g/mol. The highest BCUT2D eigenvalue weighted by atomic mass is 16.5. The molecule has 26 heavy (non-hydrogen) atoms. The summed E-state index contributed by atoms with van der Waals surface area (Å²) >= 11 is 0. The summed E-state index contributed by atoms with van der Waals surface area (Å²) in [6, 6.07) is 0.419. The Morgan fingerprint density at radius 3 is 2.31 bits per heavy atom. The molecule has 0 aromatic carbocycles. The third-order valence-electron chi connectivity index (χ3n) is 6.82. The van der Waals surface area contributed by atoms with Gasteiger partial charge in [-0.2, -0.15) is 4.98 Å². The van der Waals surface area contributed by atoms with Gasteiger partial charge < -0.3 is 9.84 Å². The Balaban J connectivity index is 1.33. The molecule has 0 radical (unpaired) electrons. The zero-order chi connectivity index (χ0) is 18.5. The molecule has 1 amide bonds. The lowest BCUT2D eigenvalue weighted by Gasteiger charge is -2.54. The molecule has 4 saturated carbocycles. The maximum absolute atomic E-state index is 12.8. The van der Waals surface area contributed by atoms with Crippen LogP contribution >= 0.6 is 0 Å². The van der Waals surface area contributed by atoms with E-state index in [0.29, 0.717) is 24.8 Å². The van der Waals surface area contributed by atoms with E-state index in [-0.39, 0.29) is 17.2 Å². The molecule has 0 spiro atoms. The number of nitrogens with zero attached hydrogens (tertiary/aromatic N) is 2. The van der Waals surface area contributed by atoms with Crippen molar-refractivity contribution in [3.63, 3.8) is 0 Å². The molecule has 1 aromatic heterocycles. The smallest absolute Gasteiger partial charge is 0.227 e. The van der Waals surface area contributed by atoms with Gasteiger partial charge in [-0.05, 0) is 61.2 Å². The van der Waals surface area contributed by atoms with E-state index < -0.39 is 0 Å². The van der Waals surface area contributed by atoms with Crippen LogP contribution in [0.1, 0.15) is 83.9 Å². The maximum atomic E-state index is 12.8. The molecule has 0 atom stereocenters. The van der Waals surface area contributed by atoms with E-state index >= 15 is 0 Å². The summed E-state index contributed by atoms with van der Waals surface area (Å²) in [6.45, 7) is 8.34. The minimum absolute atomic E-state index is 0.184. The lowest BCUT2D eigenvalue weighted by Crippen LogP contribution is -2.56. The first-order chi connectivity index (χ1) is 12.3. The van der Waals surface area contributed by atoms with Gasteiger partial charge >= 0.3 is 0 Å². The fourth-order valence-electron chi connectivity index (χ4n) is 5.88. The fourth-order valence-corrected chi connectivity index (χ4v) is 5.88. The molecule has 5 heteroatoms. The first-order valence-electron chi connectivity index (χ1n) is 10.4. The zero-order valence-corrected chi connectivity index (χ0v) is 16.6. The molecule has 4 bridgehead atoms. The van der Waals surface area contributed by atoms with Crippen molar-refractivity contribution in [1.29, 1.82) is 0 Å². The van der Waals surface area contributed by atoms with Crippen LogP contribution < -0.4 is 5.32 Å². The molecule has 4 aliphatic carbocycles. The third-order valence-corrected chi connectivity index (χ3v) is 6.82. The minimum Gasteiger partial charge on any atom is -0.353 e. The lowest BCUT2D eigenvalue weighted by molar-refractivity contribution is -0.127. The van der Waals surface area contributed by atoms with E-state index in [2.05, 4.69) is 43.2 Å². The van der Waals surface area contributed by atoms with E-state index in [0.717, 1.165) is 29.5 Å². The van der Waals surface area contributed by atoms with Gasteiger partial charge in [0, 0.05) is 24.8 Å². The molecular formula is C21H33N3O2. The van der Waals surface area contributed by atoms with Gasteiger partial charge in [0.25, 0.3) is 0 Å². The minimum atomic E-state index is -0.184. The summed E-state index contributed by atoms with van der Waals surface area (Å²) in [5.74, 6) is 5.16. The third kappa shape index (κ3) is 3.67. The van der Waals surface area contributed by atoms with Crippen molar-refractivity contribution in [1.82, 2.24) is 15.5 Å². The zero-order valence-electron chi connectivity index (χ0n) is 16.6. The molecule has 0 unspecified atom stereocenters. The molecule has 1 aromatic rings. The van der Waals surface area contributed by atoms with Crippen molar-refractivity contribution in [3.05, 3.63) is 11.7 Å². The number of hydrogen-bond acceptors (Lipinski definition) is 4.